The molecule has 0 bridgehead atoms. The number of rotatable bonds is 4. The van der Waals surface area contributed by atoms with E-state index in [9.17, 15) is 26.4 Å². The summed E-state index contributed by atoms with van der Waals surface area (Å²) in [5, 5.41) is 0. The van der Waals surface area contributed by atoms with Crippen LogP contribution in [-0.4, -0.2) is 26.5 Å². The normalized spacial score (nSPS) is 13.9. The van der Waals surface area contributed by atoms with Crippen LogP contribution >= 0.6 is 0 Å². The summed E-state index contributed by atoms with van der Waals surface area (Å²) in [4.78, 5) is 10.0. The highest BCUT2D eigenvalue weighted by Crippen LogP contribution is 2.32. The van der Waals surface area contributed by atoms with E-state index in [2.05, 4.69) is 4.74 Å². The first-order chi connectivity index (χ1) is 7.54. The molecule has 0 rings (SSSR count). The van der Waals surface area contributed by atoms with Crippen LogP contribution < -0.4 is 0 Å². The van der Waals surface area contributed by atoms with Gasteiger partial charge in [-0.3, -0.25) is 0 Å². The standard InChI is InChI=1S/C9H13F3O4S/c1-4-16-8(13)5-7(6(2)3)17(14,15)9(10,11)12/h5-6H,4H2,1-3H3. The summed E-state index contributed by atoms with van der Waals surface area (Å²) in [6.07, 6.45) is 0.372. The number of hydrogen-bond acceptors (Lipinski definition) is 4. The number of hydrogen-bond donors (Lipinski definition) is 0. The summed E-state index contributed by atoms with van der Waals surface area (Å²) < 4.78 is 63.5. The predicted octanol–water partition coefficient (Wildman–Crippen LogP) is 2.02. The molecule has 0 heterocycles. The van der Waals surface area contributed by atoms with E-state index in [1.165, 1.54) is 20.8 Å². The molecule has 0 unspecified atom stereocenters. The highest BCUT2D eigenvalue weighted by atomic mass is 32.2. The van der Waals surface area contributed by atoms with E-state index < -0.39 is 32.1 Å². The van der Waals surface area contributed by atoms with Crippen molar-refractivity contribution < 1.29 is 31.1 Å². The van der Waals surface area contributed by atoms with Gasteiger partial charge in [0.05, 0.1) is 11.5 Å². The number of carbonyl (C=O) groups excluding carboxylic acids is 1. The fourth-order valence-corrected chi connectivity index (χ4v) is 2.13. The smallest absolute Gasteiger partial charge is 0.463 e. The maximum absolute atomic E-state index is 12.3. The van der Waals surface area contributed by atoms with Crippen LogP contribution in [0.15, 0.2) is 11.0 Å². The molecule has 0 spiro atoms. The molecule has 17 heavy (non-hydrogen) atoms. The molecule has 0 aromatic rings. The average molecular weight is 274 g/mol. The van der Waals surface area contributed by atoms with Gasteiger partial charge in [-0.25, -0.2) is 13.2 Å². The Morgan fingerprint density at radius 1 is 1.35 bits per heavy atom. The third-order valence-corrected chi connectivity index (χ3v) is 3.55. The van der Waals surface area contributed by atoms with Gasteiger partial charge in [0.25, 0.3) is 9.84 Å². The second-order valence-corrected chi connectivity index (χ2v) is 5.34. The van der Waals surface area contributed by atoms with Crippen molar-refractivity contribution in [1.82, 2.24) is 0 Å². The Balaban J connectivity index is 5.50. The van der Waals surface area contributed by atoms with Crippen molar-refractivity contribution in [2.45, 2.75) is 26.3 Å². The third kappa shape index (κ3) is 4.03. The molecule has 0 aliphatic rings. The summed E-state index contributed by atoms with van der Waals surface area (Å²) in [7, 11) is -5.49. The van der Waals surface area contributed by atoms with Gasteiger partial charge in [0, 0.05) is 6.08 Å². The minimum atomic E-state index is -5.49. The van der Waals surface area contributed by atoms with Crippen molar-refractivity contribution in [1.29, 1.82) is 0 Å². The van der Waals surface area contributed by atoms with Crippen LogP contribution in [-0.2, 0) is 19.4 Å². The minimum absolute atomic E-state index is 0.0488. The van der Waals surface area contributed by atoms with Crippen molar-refractivity contribution in [3.05, 3.63) is 11.0 Å². The average Bonchev–Trinajstić information content (AvgIpc) is 2.12. The second kappa shape index (κ2) is 5.52. The molecule has 0 fully saturated rings. The fourth-order valence-electron chi connectivity index (χ4n) is 0.988. The number of allylic oxidation sites excluding steroid dienone is 1. The molecule has 0 aliphatic carbocycles. The van der Waals surface area contributed by atoms with Crippen LogP contribution in [0.2, 0.25) is 0 Å². The lowest BCUT2D eigenvalue weighted by Crippen LogP contribution is -2.27. The van der Waals surface area contributed by atoms with Crippen LogP contribution in [0.5, 0.6) is 0 Å². The summed E-state index contributed by atoms with van der Waals surface area (Å²) >= 11 is 0. The maximum atomic E-state index is 12.3. The largest absolute Gasteiger partial charge is 0.501 e. The van der Waals surface area contributed by atoms with E-state index in [1.54, 1.807) is 0 Å². The van der Waals surface area contributed by atoms with Crippen molar-refractivity contribution in [2.75, 3.05) is 6.61 Å². The lowest BCUT2D eigenvalue weighted by atomic mass is 10.2. The second-order valence-electron chi connectivity index (χ2n) is 3.40. The zero-order valence-electron chi connectivity index (χ0n) is 9.54. The molecule has 0 saturated heterocycles. The quantitative estimate of drug-likeness (QED) is 0.581. The lowest BCUT2D eigenvalue weighted by molar-refractivity contribution is -0.137. The van der Waals surface area contributed by atoms with Crippen molar-refractivity contribution in [3.63, 3.8) is 0 Å². The molecule has 0 aromatic carbocycles. The number of carbonyl (C=O) groups is 1. The lowest BCUT2D eigenvalue weighted by Gasteiger charge is -2.14. The van der Waals surface area contributed by atoms with Gasteiger partial charge in [0.2, 0.25) is 0 Å². The van der Waals surface area contributed by atoms with Gasteiger partial charge in [-0.2, -0.15) is 13.2 Å². The first-order valence-corrected chi connectivity index (χ1v) is 6.22. The molecule has 0 aliphatic heterocycles. The summed E-state index contributed by atoms with van der Waals surface area (Å²) in [5.41, 5.74) is -5.42. The number of ether oxygens (including phenoxy) is 1. The Morgan fingerprint density at radius 3 is 2.12 bits per heavy atom. The van der Waals surface area contributed by atoms with Gasteiger partial charge in [-0.05, 0) is 12.8 Å². The number of sulfone groups is 1. The van der Waals surface area contributed by atoms with Crippen LogP contribution in [0.3, 0.4) is 0 Å². The molecule has 0 aromatic heterocycles. The van der Waals surface area contributed by atoms with E-state index in [0.717, 1.165) is 0 Å². The molecule has 0 radical (unpaired) electrons. The van der Waals surface area contributed by atoms with Crippen molar-refractivity contribution in [2.24, 2.45) is 5.92 Å². The first-order valence-electron chi connectivity index (χ1n) is 4.73. The molecule has 8 heteroatoms. The molecule has 0 atom stereocenters. The number of halogens is 3. The van der Waals surface area contributed by atoms with Gasteiger partial charge < -0.3 is 4.74 Å². The highest BCUT2D eigenvalue weighted by molar-refractivity contribution is 7.96. The molecular formula is C9H13F3O4S. The molecule has 0 N–H and O–H groups in total. The predicted molar refractivity (Wildman–Crippen MR) is 54.5 cm³/mol. The minimum Gasteiger partial charge on any atom is -0.463 e. The summed E-state index contributed by atoms with van der Waals surface area (Å²) in [5.74, 6) is -2.07. The van der Waals surface area contributed by atoms with Crippen LogP contribution in [0.1, 0.15) is 20.8 Å². The van der Waals surface area contributed by atoms with Gasteiger partial charge >= 0.3 is 11.5 Å². The van der Waals surface area contributed by atoms with Gasteiger partial charge in [-0.1, -0.05) is 13.8 Å². The molecule has 0 saturated carbocycles. The SMILES string of the molecule is CCOC(=O)C=C(C(C)C)S(=O)(=O)C(F)(F)F. The van der Waals surface area contributed by atoms with E-state index in [1.807, 2.05) is 0 Å². The van der Waals surface area contributed by atoms with Crippen LogP contribution in [0.25, 0.3) is 0 Å². The van der Waals surface area contributed by atoms with Crippen LogP contribution in [0, 0.1) is 5.92 Å². The van der Waals surface area contributed by atoms with E-state index in [-0.39, 0.29) is 6.61 Å². The first kappa shape index (κ1) is 16.0. The number of alkyl halides is 3. The van der Waals surface area contributed by atoms with Gasteiger partial charge in [0.1, 0.15) is 0 Å². The van der Waals surface area contributed by atoms with E-state index in [4.69, 9.17) is 0 Å². The zero-order chi connectivity index (χ0) is 13.9. The Labute approximate surface area is 97.4 Å². The monoisotopic (exact) mass is 274 g/mol. The molecule has 100 valence electrons. The highest BCUT2D eigenvalue weighted by Gasteiger charge is 2.49. The van der Waals surface area contributed by atoms with Crippen molar-refractivity contribution in [3.8, 4) is 0 Å². The Bertz CT molecular complexity index is 406. The molecule has 4 nitrogen and oxygen atoms in total. The van der Waals surface area contributed by atoms with Gasteiger partial charge in [-0.15, -0.1) is 0 Å². The Hall–Kier alpha value is -1.05. The van der Waals surface area contributed by atoms with E-state index in [0.29, 0.717) is 6.08 Å². The van der Waals surface area contributed by atoms with Crippen LogP contribution in [0.4, 0.5) is 13.2 Å². The van der Waals surface area contributed by atoms with Crippen molar-refractivity contribution >= 4 is 15.8 Å². The fraction of sp³-hybridized carbons (Fsp3) is 0.667. The van der Waals surface area contributed by atoms with E-state index >= 15 is 0 Å². The molecular weight excluding hydrogens is 261 g/mol. The molecule has 0 amide bonds. The topological polar surface area (TPSA) is 60.4 Å². The Kier molecular flexibility index (Phi) is 5.18. The maximum Gasteiger partial charge on any atom is 0.501 e. The van der Waals surface area contributed by atoms with Gasteiger partial charge in [0.15, 0.2) is 0 Å². The number of esters is 1. The Morgan fingerprint density at radius 2 is 1.82 bits per heavy atom. The summed E-state index contributed by atoms with van der Waals surface area (Å²) in [6, 6.07) is 0. The zero-order valence-corrected chi connectivity index (χ0v) is 10.4. The third-order valence-electron chi connectivity index (χ3n) is 1.73. The summed E-state index contributed by atoms with van der Waals surface area (Å²) in [6.45, 7) is 3.90.